The standard InChI is InChI=1S/C13H20N2O2/c1-9-7-11(5-6-12(9)17-4)15-13(16)10(2)8-14-3/h5-7,10,14H,8H2,1-4H3,(H,15,16). The molecule has 1 atom stereocenters. The molecule has 0 saturated carbocycles. The van der Waals surface area contributed by atoms with Crippen LogP contribution in [0.15, 0.2) is 18.2 Å². The average molecular weight is 236 g/mol. The molecule has 0 aliphatic heterocycles. The van der Waals surface area contributed by atoms with Crippen LogP contribution < -0.4 is 15.4 Å². The summed E-state index contributed by atoms with van der Waals surface area (Å²) in [6.07, 6.45) is 0. The third-order valence-electron chi connectivity index (χ3n) is 2.62. The predicted octanol–water partition coefficient (Wildman–Crippen LogP) is 1.80. The second kappa shape index (κ2) is 6.25. The molecule has 2 N–H and O–H groups in total. The molecule has 4 nitrogen and oxygen atoms in total. The summed E-state index contributed by atoms with van der Waals surface area (Å²) < 4.78 is 5.17. The summed E-state index contributed by atoms with van der Waals surface area (Å²) in [5, 5.41) is 5.87. The van der Waals surface area contributed by atoms with Gasteiger partial charge in [0.1, 0.15) is 5.75 Å². The monoisotopic (exact) mass is 236 g/mol. The number of ether oxygens (including phenoxy) is 1. The van der Waals surface area contributed by atoms with Gasteiger partial charge >= 0.3 is 0 Å². The zero-order valence-corrected chi connectivity index (χ0v) is 10.8. The van der Waals surface area contributed by atoms with E-state index in [1.54, 1.807) is 7.11 Å². The number of hydrogen-bond donors (Lipinski definition) is 2. The highest BCUT2D eigenvalue weighted by atomic mass is 16.5. The Bertz CT molecular complexity index is 391. The number of carbonyl (C=O) groups excluding carboxylic acids is 1. The molecule has 0 radical (unpaired) electrons. The molecule has 0 fully saturated rings. The Morgan fingerprint density at radius 2 is 2.18 bits per heavy atom. The molecule has 0 aliphatic carbocycles. The van der Waals surface area contributed by atoms with Crippen LogP contribution in [0.25, 0.3) is 0 Å². The van der Waals surface area contributed by atoms with Crippen molar-refractivity contribution >= 4 is 11.6 Å². The second-order valence-electron chi connectivity index (χ2n) is 4.13. The Morgan fingerprint density at radius 1 is 1.47 bits per heavy atom. The summed E-state index contributed by atoms with van der Waals surface area (Å²) in [4.78, 5) is 11.8. The number of methoxy groups -OCH3 is 1. The van der Waals surface area contributed by atoms with Crippen molar-refractivity contribution in [2.75, 3.05) is 26.0 Å². The first-order chi connectivity index (χ1) is 8.08. The summed E-state index contributed by atoms with van der Waals surface area (Å²) in [7, 11) is 3.47. The molecule has 1 amide bonds. The van der Waals surface area contributed by atoms with Crippen molar-refractivity contribution in [3.05, 3.63) is 23.8 Å². The van der Waals surface area contributed by atoms with Crippen molar-refractivity contribution in [1.29, 1.82) is 0 Å². The number of rotatable bonds is 5. The summed E-state index contributed by atoms with van der Waals surface area (Å²) in [5.41, 5.74) is 1.81. The Hall–Kier alpha value is -1.55. The maximum atomic E-state index is 11.8. The Labute approximate surface area is 102 Å². The van der Waals surface area contributed by atoms with E-state index in [9.17, 15) is 4.79 Å². The fourth-order valence-corrected chi connectivity index (χ4v) is 1.62. The first-order valence-corrected chi connectivity index (χ1v) is 5.68. The lowest BCUT2D eigenvalue weighted by Crippen LogP contribution is -2.28. The number of aryl methyl sites for hydroxylation is 1. The van der Waals surface area contributed by atoms with Crippen molar-refractivity contribution in [2.45, 2.75) is 13.8 Å². The van der Waals surface area contributed by atoms with Gasteiger partial charge in [-0.25, -0.2) is 0 Å². The summed E-state index contributed by atoms with van der Waals surface area (Å²) in [5.74, 6) is 0.789. The molecule has 0 spiro atoms. The Kier molecular flexibility index (Phi) is 4.97. The fourth-order valence-electron chi connectivity index (χ4n) is 1.62. The van der Waals surface area contributed by atoms with E-state index in [1.807, 2.05) is 39.1 Å². The van der Waals surface area contributed by atoms with E-state index in [0.29, 0.717) is 6.54 Å². The molecule has 0 saturated heterocycles. The largest absolute Gasteiger partial charge is 0.496 e. The first kappa shape index (κ1) is 13.5. The van der Waals surface area contributed by atoms with Gasteiger partial charge in [0.15, 0.2) is 0 Å². The summed E-state index contributed by atoms with van der Waals surface area (Å²) in [6, 6.07) is 5.60. The van der Waals surface area contributed by atoms with Crippen LogP contribution in [0.1, 0.15) is 12.5 Å². The van der Waals surface area contributed by atoms with Gasteiger partial charge in [0.2, 0.25) is 5.91 Å². The van der Waals surface area contributed by atoms with Crippen molar-refractivity contribution in [2.24, 2.45) is 5.92 Å². The van der Waals surface area contributed by atoms with E-state index in [0.717, 1.165) is 17.0 Å². The number of carbonyl (C=O) groups is 1. The predicted molar refractivity (Wildman–Crippen MR) is 69.5 cm³/mol. The number of benzene rings is 1. The molecule has 1 rings (SSSR count). The van der Waals surface area contributed by atoms with Gasteiger partial charge in [0.05, 0.1) is 7.11 Å². The third-order valence-corrected chi connectivity index (χ3v) is 2.62. The van der Waals surface area contributed by atoms with Crippen LogP contribution >= 0.6 is 0 Å². The minimum atomic E-state index is -0.0533. The van der Waals surface area contributed by atoms with Crippen molar-refractivity contribution in [3.8, 4) is 5.75 Å². The maximum Gasteiger partial charge on any atom is 0.228 e. The van der Waals surface area contributed by atoms with Crippen molar-refractivity contribution in [3.63, 3.8) is 0 Å². The van der Waals surface area contributed by atoms with Gasteiger partial charge < -0.3 is 15.4 Å². The van der Waals surface area contributed by atoms with Crippen LogP contribution in [0.2, 0.25) is 0 Å². The maximum absolute atomic E-state index is 11.8. The zero-order chi connectivity index (χ0) is 12.8. The average Bonchev–Trinajstić information content (AvgIpc) is 2.29. The van der Waals surface area contributed by atoms with Gasteiger partial charge in [-0.1, -0.05) is 6.92 Å². The molecule has 0 aromatic heterocycles. The molecule has 1 aromatic rings. The van der Waals surface area contributed by atoms with Crippen molar-refractivity contribution < 1.29 is 9.53 Å². The van der Waals surface area contributed by atoms with Crippen LogP contribution in [0.3, 0.4) is 0 Å². The third kappa shape index (κ3) is 3.75. The minimum Gasteiger partial charge on any atom is -0.496 e. The van der Waals surface area contributed by atoms with Crippen molar-refractivity contribution in [1.82, 2.24) is 5.32 Å². The van der Waals surface area contributed by atoms with Crippen LogP contribution in [0.5, 0.6) is 5.75 Å². The fraction of sp³-hybridized carbons (Fsp3) is 0.462. The van der Waals surface area contributed by atoms with E-state index in [4.69, 9.17) is 4.74 Å². The molecule has 94 valence electrons. The highest BCUT2D eigenvalue weighted by Gasteiger charge is 2.12. The smallest absolute Gasteiger partial charge is 0.228 e. The Morgan fingerprint density at radius 3 is 2.71 bits per heavy atom. The minimum absolute atomic E-state index is 0.0175. The number of nitrogens with one attached hydrogen (secondary N) is 2. The Balaban J connectivity index is 2.69. The van der Waals surface area contributed by atoms with E-state index >= 15 is 0 Å². The van der Waals surface area contributed by atoms with E-state index in [-0.39, 0.29) is 11.8 Å². The van der Waals surface area contributed by atoms with Gasteiger partial charge in [-0.05, 0) is 37.7 Å². The molecular weight excluding hydrogens is 216 g/mol. The van der Waals surface area contributed by atoms with Crippen LogP contribution in [-0.4, -0.2) is 26.6 Å². The SMILES string of the molecule is CNCC(C)C(=O)Nc1ccc(OC)c(C)c1. The molecule has 0 heterocycles. The van der Waals surface area contributed by atoms with Gasteiger partial charge in [0, 0.05) is 18.2 Å². The summed E-state index contributed by atoms with van der Waals surface area (Å²) in [6.45, 7) is 4.51. The molecule has 0 bridgehead atoms. The molecule has 4 heteroatoms. The lowest BCUT2D eigenvalue weighted by Gasteiger charge is -2.13. The van der Waals surface area contributed by atoms with Gasteiger partial charge in [0.25, 0.3) is 0 Å². The molecule has 0 aliphatic rings. The number of hydrogen-bond acceptors (Lipinski definition) is 3. The second-order valence-corrected chi connectivity index (χ2v) is 4.13. The topological polar surface area (TPSA) is 50.4 Å². The van der Waals surface area contributed by atoms with Gasteiger partial charge in [-0.3, -0.25) is 4.79 Å². The number of amides is 1. The van der Waals surface area contributed by atoms with E-state index in [2.05, 4.69) is 10.6 Å². The molecule has 1 aromatic carbocycles. The molecular formula is C13H20N2O2. The summed E-state index contributed by atoms with van der Waals surface area (Å²) >= 11 is 0. The van der Waals surface area contributed by atoms with E-state index in [1.165, 1.54) is 0 Å². The molecule has 17 heavy (non-hydrogen) atoms. The lowest BCUT2D eigenvalue weighted by molar-refractivity contribution is -0.119. The van der Waals surface area contributed by atoms with Crippen LogP contribution in [-0.2, 0) is 4.79 Å². The lowest BCUT2D eigenvalue weighted by atomic mass is 10.1. The van der Waals surface area contributed by atoms with Gasteiger partial charge in [-0.15, -0.1) is 0 Å². The highest BCUT2D eigenvalue weighted by Crippen LogP contribution is 2.21. The van der Waals surface area contributed by atoms with Crippen LogP contribution in [0, 0.1) is 12.8 Å². The number of anilines is 1. The van der Waals surface area contributed by atoms with E-state index < -0.39 is 0 Å². The first-order valence-electron chi connectivity index (χ1n) is 5.68. The van der Waals surface area contributed by atoms with Gasteiger partial charge in [-0.2, -0.15) is 0 Å². The zero-order valence-electron chi connectivity index (χ0n) is 10.8. The normalized spacial score (nSPS) is 12.0. The highest BCUT2D eigenvalue weighted by molar-refractivity contribution is 5.92. The van der Waals surface area contributed by atoms with Crippen LogP contribution in [0.4, 0.5) is 5.69 Å². The quantitative estimate of drug-likeness (QED) is 0.819. The molecule has 1 unspecified atom stereocenters.